The molecule has 0 heterocycles. The molecule has 0 amide bonds. The van der Waals surface area contributed by atoms with Crippen molar-refractivity contribution in [3.05, 3.63) is 132 Å². The van der Waals surface area contributed by atoms with Gasteiger partial charge in [-0.05, 0) is 40.1 Å². The molecule has 0 saturated carbocycles. The molecule has 4 aromatic rings. The second-order valence-corrected chi connectivity index (χ2v) is 8.68. The second kappa shape index (κ2) is 10.9. The summed E-state index contributed by atoms with van der Waals surface area (Å²) in [6, 6.07) is 36.6. The van der Waals surface area contributed by atoms with Gasteiger partial charge in [-0.2, -0.15) is 0 Å². The molecule has 4 aromatic carbocycles. The van der Waals surface area contributed by atoms with Gasteiger partial charge in [-0.1, -0.05) is 110 Å². The molecule has 0 aromatic heterocycles. The number of likely N-dealkylation sites (N-methyl/N-ethyl adjacent to an activating group) is 1. The highest BCUT2D eigenvalue weighted by molar-refractivity contribution is 5.85. The maximum Gasteiger partial charge on any atom is 0.0240 e. The Bertz CT molecular complexity index is 1090. The van der Waals surface area contributed by atoms with E-state index in [0.29, 0.717) is 0 Å². The molecule has 0 aliphatic carbocycles. The maximum absolute atomic E-state index is 4.44. The summed E-state index contributed by atoms with van der Waals surface area (Å²) in [4.78, 5) is 4.85. The normalized spacial score (nSPS) is 11.3. The smallest absolute Gasteiger partial charge is 0.0240 e. The predicted molar refractivity (Wildman–Crippen MR) is 136 cm³/mol. The average Bonchev–Trinajstić information content (AvgIpc) is 2.80. The molecule has 0 saturated heterocycles. The first kappa shape index (κ1) is 22.0. The lowest BCUT2D eigenvalue weighted by molar-refractivity contribution is 0.265. The number of nitrogens with zero attached hydrogens (tertiary/aromatic N) is 2. The van der Waals surface area contributed by atoms with Gasteiger partial charge in [0, 0.05) is 32.7 Å². The van der Waals surface area contributed by atoms with E-state index >= 15 is 0 Å². The molecule has 0 unspecified atom stereocenters. The first-order valence-corrected chi connectivity index (χ1v) is 11.3. The van der Waals surface area contributed by atoms with Crippen LogP contribution in [0.25, 0.3) is 10.8 Å². The van der Waals surface area contributed by atoms with Crippen LogP contribution in [0.1, 0.15) is 16.7 Å². The van der Waals surface area contributed by atoms with Gasteiger partial charge in [-0.15, -0.1) is 0 Å². The fraction of sp³-hybridized carbons (Fsp3) is 0.200. The van der Waals surface area contributed by atoms with E-state index in [9.17, 15) is 0 Å². The summed E-state index contributed by atoms with van der Waals surface area (Å²) in [5, 5.41) is 2.64. The van der Waals surface area contributed by atoms with E-state index < -0.39 is 0 Å². The lowest BCUT2D eigenvalue weighted by Gasteiger charge is -2.26. The van der Waals surface area contributed by atoms with Crippen molar-refractivity contribution in [1.29, 1.82) is 0 Å². The summed E-state index contributed by atoms with van der Waals surface area (Å²) in [5.74, 6) is 0. The van der Waals surface area contributed by atoms with Gasteiger partial charge in [-0.25, -0.2) is 0 Å². The summed E-state index contributed by atoms with van der Waals surface area (Å²) in [6.07, 6.45) is 0. The minimum atomic E-state index is 0.878. The Morgan fingerprint density at radius 2 is 1.19 bits per heavy atom. The van der Waals surface area contributed by atoms with Crippen LogP contribution in [0.5, 0.6) is 0 Å². The molecule has 0 spiro atoms. The molecular formula is C30H32N2. The fourth-order valence-electron chi connectivity index (χ4n) is 4.38. The van der Waals surface area contributed by atoms with Crippen LogP contribution in [-0.4, -0.2) is 29.9 Å². The Kier molecular flexibility index (Phi) is 7.50. The molecule has 0 N–H and O–H groups in total. The van der Waals surface area contributed by atoms with E-state index in [-0.39, 0.29) is 0 Å². The van der Waals surface area contributed by atoms with Crippen molar-refractivity contribution in [2.75, 3.05) is 20.1 Å². The number of benzene rings is 4. The zero-order valence-corrected chi connectivity index (χ0v) is 19.0. The number of hydrogen-bond acceptors (Lipinski definition) is 2. The first-order chi connectivity index (χ1) is 15.7. The quantitative estimate of drug-likeness (QED) is 0.269. The van der Waals surface area contributed by atoms with E-state index in [0.717, 1.165) is 32.7 Å². The van der Waals surface area contributed by atoms with E-state index in [4.69, 9.17) is 0 Å². The Balaban J connectivity index is 1.40. The van der Waals surface area contributed by atoms with E-state index in [1.165, 1.54) is 33.0 Å². The van der Waals surface area contributed by atoms with Crippen LogP contribution in [0.15, 0.2) is 115 Å². The monoisotopic (exact) mass is 420 g/mol. The fourth-order valence-corrected chi connectivity index (χ4v) is 4.38. The van der Waals surface area contributed by atoms with E-state index in [1.807, 2.05) is 0 Å². The third kappa shape index (κ3) is 6.16. The van der Waals surface area contributed by atoms with Gasteiger partial charge in [0.15, 0.2) is 0 Å². The van der Waals surface area contributed by atoms with Gasteiger partial charge in [0.1, 0.15) is 0 Å². The Morgan fingerprint density at radius 1 is 0.625 bits per heavy atom. The molecule has 0 aliphatic rings. The SMILES string of the molecule is C=C(CN(C)Cc1cccc2ccccc12)CN(Cc1ccccc1)Cc1ccccc1. The van der Waals surface area contributed by atoms with Gasteiger partial charge in [-0.3, -0.25) is 9.80 Å². The van der Waals surface area contributed by atoms with E-state index in [2.05, 4.69) is 127 Å². The minimum Gasteiger partial charge on any atom is -0.298 e. The van der Waals surface area contributed by atoms with Crippen molar-refractivity contribution in [1.82, 2.24) is 9.80 Å². The standard InChI is InChI=1S/C30H32N2/c1-25(20-31(2)24-29-18-11-17-28-16-9-10-19-30(28)29)21-32(22-26-12-5-3-6-13-26)23-27-14-7-4-8-15-27/h3-19H,1,20-24H2,2H3. The van der Waals surface area contributed by atoms with Gasteiger partial charge in [0.05, 0.1) is 0 Å². The highest BCUT2D eigenvalue weighted by atomic mass is 15.1. The largest absolute Gasteiger partial charge is 0.298 e. The molecule has 0 aliphatic heterocycles. The molecule has 162 valence electrons. The van der Waals surface area contributed by atoms with Crippen LogP contribution in [-0.2, 0) is 19.6 Å². The molecular weight excluding hydrogens is 388 g/mol. The van der Waals surface area contributed by atoms with Crippen LogP contribution in [0.3, 0.4) is 0 Å². The topological polar surface area (TPSA) is 6.48 Å². The molecule has 0 bridgehead atoms. The highest BCUT2D eigenvalue weighted by Gasteiger charge is 2.11. The summed E-state index contributed by atoms with van der Waals surface area (Å²) in [5.41, 5.74) is 5.27. The van der Waals surface area contributed by atoms with Gasteiger partial charge in [0.25, 0.3) is 0 Å². The van der Waals surface area contributed by atoms with Gasteiger partial charge in [0.2, 0.25) is 0 Å². The molecule has 4 rings (SSSR count). The third-order valence-electron chi connectivity index (χ3n) is 5.76. The summed E-state index contributed by atoms with van der Waals surface area (Å²) >= 11 is 0. The van der Waals surface area contributed by atoms with Crippen LogP contribution in [0.4, 0.5) is 0 Å². The van der Waals surface area contributed by atoms with Crippen molar-refractivity contribution < 1.29 is 0 Å². The van der Waals surface area contributed by atoms with Crippen LogP contribution < -0.4 is 0 Å². The van der Waals surface area contributed by atoms with Crippen LogP contribution >= 0.6 is 0 Å². The molecule has 0 radical (unpaired) electrons. The van der Waals surface area contributed by atoms with Crippen LogP contribution in [0.2, 0.25) is 0 Å². The van der Waals surface area contributed by atoms with Gasteiger partial charge < -0.3 is 0 Å². The Hall–Kier alpha value is -3.20. The summed E-state index contributed by atoms with van der Waals surface area (Å²) in [7, 11) is 2.19. The van der Waals surface area contributed by atoms with E-state index in [1.54, 1.807) is 0 Å². The lowest BCUT2D eigenvalue weighted by atomic mass is 10.0. The highest BCUT2D eigenvalue weighted by Crippen LogP contribution is 2.20. The maximum atomic E-state index is 4.44. The summed E-state index contributed by atoms with van der Waals surface area (Å²) < 4.78 is 0. The second-order valence-electron chi connectivity index (χ2n) is 8.68. The van der Waals surface area contributed by atoms with Crippen molar-refractivity contribution in [2.45, 2.75) is 19.6 Å². The predicted octanol–water partition coefficient (Wildman–Crippen LogP) is 6.53. The van der Waals surface area contributed by atoms with Crippen molar-refractivity contribution in [3.63, 3.8) is 0 Å². The Labute approximate surface area is 192 Å². The lowest BCUT2D eigenvalue weighted by Crippen LogP contribution is -2.29. The first-order valence-electron chi connectivity index (χ1n) is 11.3. The molecule has 2 nitrogen and oxygen atoms in total. The summed E-state index contributed by atoms with van der Waals surface area (Å²) in [6.45, 7) is 8.95. The Morgan fingerprint density at radius 3 is 1.84 bits per heavy atom. The number of rotatable bonds is 10. The third-order valence-corrected chi connectivity index (χ3v) is 5.76. The van der Waals surface area contributed by atoms with Crippen LogP contribution in [0, 0.1) is 0 Å². The molecule has 2 heteroatoms. The zero-order valence-electron chi connectivity index (χ0n) is 19.0. The number of fused-ring (bicyclic) bond motifs is 1. The minimum absolute atomic E-state index is 0.878. The van der Waals surface area contributed by atoms with Gasteiger partial charge >= 0.3 is 0 Å². The zero-order chi connectivity index (χ0) is 22.2. The molecule has 0 atom stereocenters. The van der Waals surface area contributed by atoms with Crippen molar-refractivity contribution in [3.8, 4) is 0 Å². The van der Waals surface area contributed by atoms with Crippen molar-refractivity contribution >= 4 is 10.8 Å². The average molecular weight is 421 g/mol. The number of hydrogen-bond donors (Lipinski definition) is 0. The molecule has 0 fully saturated rings. The molecule has 32 heavy (non-hydrogen) atoms. The van der Waals surface area contributed by atoms with Crippen molar-refractivity contribution in [2.24, 2.45) is 0 Å².